The molecule has 0 spiro atoms. The van der Waals surface area contributed by atoms with Crippen LogP contribution in [0, 0.1) is 13.8 Å². The normalized spacial score (nSPS) is 10.8. The van der Waals surface area contributed by atoms with E-state index in [-0.39, 0.29) is 5.91 Å². The highest BCUT2D eigenvalue weighted by molar-refractivity contribution is 6.13. The second-order valence-electron chi connectivity index (χ2n) is 5.12. The zero-order valence-corrected chi connectivity index (χ0v) is 11.9. The minimum absolute atomic E-state index is 0.227. The van der Waals surface area contributed by atoms with Gasteiger partial charge in [-0.1, -0.05) is 18.2 Å². The molecule has 1 heterocycles. The lowest BCUT2D eigenvalue weighted by molar-refractivity contribution is 0.102. The van der Waals surface area contributed by atoms with E-state index in [0.29, 0.717) is 22.5 Å². The number of nitrogens with one attached hydrogen (secondary N) is 1. The van der Waals surface area contributed by atoms with Crippen molar-refractivity contribution >= 4 is 28.3 Å². The van der Waals surface area contributed by atoms with E-state index in [4.69, 9.17) is 10.2 Å². The number of hydrogen-bond donors (Lipinski definition) is 2. The molecule has 0 aliphatic heterocycles. The topological polar surface area (TPSA) is 68.3 Å². The smallest absolute Gasteiger partial charge is 0.259 e. The minimum Gasteiger partial charge on any atom is -0.463 e. The number of carbonyl (C=O) groups is 1. The fourth-order valence-electron chi connectivity index (χ4n) is 2.29. The van der Waals surface area contributed by atoms with E-state index in [9.17, 15) is 4.79 Å². The van der Waals surface area contributed by atoms with E-state index in [0.717, 1.165) is 16.5 Å². The summed E-state index contributed by atoms with van der Waals surface area (Å²) < 4.78 is 5.39. The molecule has 3 N–H and O–H groups in total. The number of hydrogen-bond acceptors (Lipinski definition) is 3. The Morgan fingerprint density at radius 1 is 1.14 bits per heavy atom. The Bertz CT molecular complexity index is 834. The van der Waals surface area contributed by atoms with E-state index in [1.807, 2.05) is 50.2 Å². The number of benzene rings is 2. The third-order valence-electron chi connectivity index (χ3n) is 3.64. The van der Waals surface area contributed by atoms with Gasteiger partial charge in [-0.2, -0.15) is 0 Å². The second-order valence-corrected chi connectivity index (χ2v) is 5.12. The summed E-state index contributed by atoms with van der Waals surface area (Å²) in [7, 11) is 0. The highest BCUT2D eigenvalue weighted by atomic mass is 16.3. The molecule has 0 aliphatic carbocycles. The standard InChI is InChI=1S/C17H16N2O2/c1-10-7-14(18)15(8-11(10)2)19-17(20)13-9-21-16-6-4-3-5-12(13)16/h3-9H,18H2,1-2H3,(H,19,20). The van der Waals surface area contributed by atoms with Gasteiger partial charge in [-0.3, -0.25) is 4.79 Å². The molecule has 1 aromatic heterocycles. The first kappa shape index (κ1) is 13.2. The van der Waals surface area contributed by atoms with E-state index in [1.54, 1.807) is 0 Å². The number of para-hydroxylation sites is 1. The molecule has 0 bridgehead atoms. The summed E-state index contributed by atoms with van der Waals surface area (Å²) >= 11 is 0. The van der Waals surface area contributed by atoms with Gasteiger partial charge in [0.05, 0.1) is 16.9 Å². The number of carbonyl (C=O) groups excluding carboxylic acids is 1. The zero-order valence-electron chi connectivity index (χ0n) is 11.9. The van der Waals surface area contributed by atoms with Crippen molar-refractivity contribution in [1.29, 1.82) is 0 Å². The van der Waals surface area contributed by atoms with Crippen molar-refractivity contribution in [2.45, 2.75) is 13.8 Å². The van der Waals surface area contributed by atoms with Crippen molar-refractivity contribution in [2.75, 3.05) is 11.1 Å². The van der Waals surface area contributed by atoms with Gasteiger partial charge in [0, 0.05) is 5.39 Å². The van der Waals surface area contributed by atoms with Gasteiger partial charge in [-0.05, 0) is 43.2 Å². The molecule has 0 saturated carbocycles. The number of aryl methyl sites for hydroxylation is 2. The van der Waals surface area contributed by atoms with Gasteiger partial charge in [-0.15, -0.1) is 0 Å². The van der Waals surface area contributed by atoms with Crippen LogP contribution in [0.3, 0.4) is 0 Å². The van der Waals surface area contributed by atoms with Crippen molar-refractivity contribution < 1.29 is 9.21 Å². The molecule has 2 aromatic carbocycles. The number of nitrogens with two attached hydrogens (primary N) is 1. The van der Waals surface area contributed by atoms with Gasteiger partial charge >= 0.3 is 0 Å². The van der Waals surface area contributed by atoms with E-state index in [2.05, 4.69) is 5.32 Å². The Morgan fingerprint density at radius 3 is 2.67 bits per heavy atom. The summed E-state index contributed by atoms with van der Waals surface area (Å²) in [6.07, 6.45) is 1.47. The number of furan rings is 1. The molecule has 21 heavy (non-hydrogen) atoms. The van der Waals surface area contributed by atoms with Crippen molar-refractivity contribution in [3.63, 3.8) is 0 Å². The fourth-order valence-corrected chi connectivity index (χ4v) is 2.29. The molecule has 106 valence electrons. The number of nitrogen functional groups attached to an aromatic ring is 1. The highest BCUT2D eigenvalue weighted by Crippen LogP contribution is 2.26. The number of anilines is 2. The molecule has 3 rings (SSSR count). The molecule has 0 saturated heterocycles. The van der Waals surface area contributed by atoms with Gasteiger partial charge < -0.3 is 15.5 Å². The van der Waals surface area contributed by atoms with Gasteiger partial charge in [0.1, 0.15) is 11.8 Å². The molecule has 3 aromatic rings. The maximum absolute atomic E-state index is 12.4. The van der Waals surface area contributed by atoms with Crippen LogP contribution in [0.1, 0.15) is 21.5 Å². The minimum atomic E-state index is -0.227. The fraction of sp³-hybridized carbons (Fsp3) is 0.118. The van der Waals surface area contributed by atoms with Crippen LogP contribution >= 0.6 is 0 Å². The average molecular weight is 280 g/mol. The maximum atomic E-state index is 12.4. The molecule has 4 heteroatoms. The first-order valence-electron chi connectivity index (χ1n) is 6.70. The molecule has 1 amide bonds. The van der Waals surface area contributed by atoms with Crippen molar-refractivity contribution in [1.82, 2.24) is 0 Å². The predicted molar refractivity (Wildman–Crippen MR) is 84.5 cm³/mol. The van der Waals surface area contributed by atoms with Crippen LogP contribution in [0.25, 0.3) is 11.0 Å². The molecule has 4 nitrogen and oxygen atoms in total. The lowest BCUT2D eigenvalue weighted by Crippen LogP contribution is -2.13. The average Bonchev–Trinajstić information content (AvgIpc) is 2.88. The van der Waals surface area contributed by atoms with Crippen LogP contribution in [-0.2, 0) is 0 Å². The third-order valence-corrected chi connectivity index (χ3v) is 3.64. The van der Waals surface area contributed by atoms with Crippen LogP contribution in [0.15, 0.2) is 47.1 Å². The Morgan fingerprint density at radius 2 is 1.86 bits per heavy atom. The monoisotopic (exact) mass is 280 g/mol. The molecular weight excluding hydrogens is 264 g/mol. The number of rotatable bonds is 2. The van der Waals surface area contributed by atoms with Crippen LogP contribution in [0.2, 0.25) is 0 Å². The SMILES string of the molecule is Cc1cc(N)c(NC(=O)c2coc3ccccc23)cc1C. The van der Waals surface area contributed by atoms with Gasteiger partial charge in [0.15, 0.2) is 0 Å². The van der Waals surface area contributed by atoms with Crippen molar-refractivity contribution in [3.8, 4) is 0 Å². The van der Waals surface area contributed by atoms with Crippen LogP contribution in [0.5, 0.6) is 0 Å². The van der Waals surface area contributed by atoms with Gasteiger partial charge in [0.2, 0.25) is 0 Å². The molecule has 0 radical (unpaired) electrons. The highest BCUT2D eigenvalue weighted by Gasteiger charge is 2.14. The van der Waals surface area contributed by atoms with Gasteiger partial charge in [-0.25, -0.2) is 0 Å². The Hall–Kier alpha value is -2.75. The van der Waals surface area contributed by atoms with Crippen LogP contribution in [0.4, 0.5) is 11.4 Å². The summed E-state index contributed by atoms with van der Waals surface area (Å²) in [6, 6.07) is 11.2. The Balaban J connectivity index is 1.95. The van der Waals surface area contributed by atoms with Crippen molar-refractivity contribution in [3.05, 3.63) is 59.4 Å². The maximum Gasteiger partial charge on any atom is 0.259 e. The van der Waals surface area contributed by atoms with E-state index < -0.39 is 0 Å². The first-order valence-corrected chi connectivity index (χ1v) is 6.70. The molecular formula is C17H16N2O2. The summed E-state index contributed by atoms with van der Waals surface area (Å²) in [5.41, 5.74) is 10.5. The molecule has 0 fully saturated rings. The van der Waals surface area contributed by atoms with Crippen LogP contribution in [-0.4, -0.2) is 5.91 Å². The number of fused-ring (bicyclic) bond motifs is 1. The first-order chi connectivity index (χ1) is 10.1. The quantitative estimate of drug-likeness (QED) is 0.700. The summed E-state index contributed by atoms with van der Waals surface area (Å²) in [5, 5.41) is 3.64. The summed E-state index contributed by atoms with van der Waals surface area (Å²) in [6.45, 7) is 3.97. The second kappa shape index (κ2) is 4.98. The summed E-state index contributed by atoms with van der Waals surface area (Å²) in [4.78, 5) is 12.4. The van der Waals surface area contributed by atoms with Gasteiger partial charge in [0.25, 0.3) is 5.91 Å². The summed E-state index contributed by atoms with van der Waals surface area (Å²) in [5.74, 6) is -0.227. The lowest BCUT2D eigenvalue weighted by Gasteiger charge is -2.10. The van der Waals surface area contributed by atoms with E-state index in [1.165, 1.54) is 6.26 Å². The number of amides is 1. The molecule has 0 aliphatic rings. The van der Waals surface area contributed by atoms with Crippen molar-refractivity contribution in [2.24, 2.45) is 0 Å². The molecule has 0 unspecified atom stereocenters. The Kier molecular flexibility index (Phi) is 3.14. The molecule has 0 atom stereocenters. The lowest BCUT2D eigenvalue weighted by atomic mass is 10.1. The Labute approximate surface area is 122 Å². The van der Waals surface area contributed by atoms with Crippen LogP contribution < -0.4 is 11.1 Å². The van der Waals surface area contributed by atoms with E-state index >= 15 is 0 Å². The third kappa shape index (κ3) is 2.36. The zero-order chi connectivity index (χ0) is 15.0. The largest absolute Gasteiger partial charge is 0.463 e. The predicted octanol–water partition coefficient (Wildman–Crippen LogP) is 3.88.